The zero-order valence-corrected chi connectivity index (χ0v) is 16.7. The molecule has 0 radical (unpaired) electrons. The number of likely N-dealkylation sites (N-methyl/N-ethyl adjacent to an activating group) is 1. The Morgan fingerprint density at radius 3 is 2.55 bits per heavy atom. The fourth-order valence-electron chi connectivity index (χ4n) is 3.91. The van der Waals surface area contributed by atoms with Crippen LogP contribution in [-0.2, 0) is 0 Å². The zero-order valence-electron chi connectivity index (χ0n) is 16.7. The maximum atomic E-state index is 13.1. The summed E-state index contributed by atoms with van der Waals surface area (Å²) in [5, 5.41) is 22.8. The molecule has 2 atom stereocenters. The van der Waals surface area contributed by atoms with Gasteiger partial charge in [-0.1, -0.05) is 24.3 Å². The van der Waals surface area contributed by atoms with Crippen molar-refractivity contribution in [3.05, 3.63) is 65.9 Å². The van der Waals surface area contributed by atoms with E-state index < -0.39 is 6.17 Å². The van der Waals surface area contributed by atoms with Crippen LogP contribution in [0.2, 0.25) is 0 Å². The molecule has 152 valence electrons. The molecule has 0 aliphatic carbocycles. The van der Waals surface area contributed by atoms with Crippen LogP contribution in [0.3, 0.4) is 0 Å². The summed E-state index contributed by atoms with van der Waals surface area (Å²) < 4.78 is 13.1. The predicted molar refractivity (Wildman–Crippen MR) is 111 cm³/mol. The Balaban J connectivity index is 1.47. The van der Waals surface area contributed by atoms with E-state index in [1.807, 2.05) is 30.3 Å². The van der Waals surface area contributed by atoms with Crippen LogP contribution in [0.25, 0.3) is 11.1 Å². The second-order valence-corrected chi connectivity index (χ2v) is 7.80. The molecule has 0 bridgehead atoms. The van der Waals surface area contributed by atoms with Crippen molar-refractivity contribution in [2.45, 2.75) is 25.0 Å². The van der Waals surface area contributed by atoms with E-state index >= 15 is 0 Å². The maximum Gasteiger partial charge on any atom is 0.171 e. The van der Waals surface area contributed by atoms with Gasteiger partial charge in [-0.3, -0.25) is 0 Å². The largest absolute Gasteiger partial charge is 0.507 e. The minimum Gasteiger partial charge on any atom is -0.507 e. The maximum absolute atomic E-state index is 13.1. The van der Waals surface area contributed by atoms with E-state index in [2.05, 4.69) is 27.5 Å². The quantitative estimate of drug-likeness (QED) is 0.819. The van der Waals surface area contributed by atoms with Gasteiger partial charge in [-0.25, -0.2) is 4.39 Å². The molecule has 1 fully saturated rings. The summed E-state index contributed by atoms with van der Waals surface area (Å²) in [6, 6.07) is 12.0. The zero-order chi connectivity index (χ0) is 20.4. The smallest absolute Gasteiger partial charge is 0.171 e. The highest BCUT2D eigenvalue weighted by Gasteiger charge is 2.24. The molecular formula is C22H26FN5O. The van der Waals surface area contributed by atoms with E-state index in [0.29, 0.717) is 11.6 Å². The molecule has 29 heavy (non-hydrogen) atoms. The highest BCUT2D eigenvalue weighted by Crippen LogP contribution is 2.35. The summed E-state index contributed by atoms with van der Waals surface area (Å²) in [6.07, 6.45) is 3.83. The lowest BCUT2D eigenvalue weighted by molar-refractivity contribution is 0.230. The first-order chi connectivity index (χ1) is 14.0. The van der Waals surface area contributed by atoms with Gasteiger partial charge in [-0.15, -0.1) is 5.11 Å². The Labute approximate surface area is 170 Å². The van der Waals surface area contributed by atoms with Crippen LogP contribution in [0, 0.1) is 5.82 Å². The molecule has 2 N–H and O–H groups in total. The van der Waals surface area contributed by atoms with Gasteiger partial charge in [0.05, 0.1) is 0 Å². The van der Waals surface area contributed by atoms with Crippen molar-refractivity contribution < 1.29 is 9.50 Å². The molecule has 1 unspecified atom stereocenters. The molecule has 1 saturated heterocycles. The summed E-state index contributed by atoms with van der Waals surface area (Å²) in [6.45, 7) is 2.12. The third-order valence-corrected chi connectivity index (χ3v) is 5.45. The SMILES string of the molecule is CN1CCCC(NC2=CN(C)[C@@H](c3ccc(-c4ccc(F)cc4)cc3O)N=N2)C1. The van der Waals surface area contributed by atoms with Crippen LogP contribution < -0.4 is 5.32 Å². The van der Waals surface area contributed by atoms with Crippen LogP contribution in [0.15, 0.2) is 64.7 Å². The number of phenols is 1. The number of piperidine rings is 1. The van der Waals surface area contributed by atoms with Crippen LogP contribution >= 0.6 is 0 Å². The number of benzene rings is 2. The van der Waals surface area contributed by atoms with Gasteiger partial charge in [-0.2, -0.15) is 5.11 Å². The average molecular weight is 395 g/mol. The first-order valence-electron chi connectivity index (χ1n) is 9.88. The molecule has 2 aromatic rings. The predicted octanol–water partition coefficient (Wildman–Crippen LogP) is 4.08. The van der Waals surface area contributed by atoms with Crippen molar-refractivity contribution >= 4 is 0 Å². The van der Waals surface area contributed by atoms with Gasteiger partial charge in [0, 0.05) is 31.4 Å². The van der Waals surface area contributed by atoms with E-state index in [1.165, 1.54) is 18.6 Å². The molecular weight excluding hydrogens is 369 g/mol. The Bertz CT molecular complexity index is 927. The highest BCUT2D eigenvalue weighted by atomic mass is 19.1. The monoisotopic (exact) mass is 395 g/mol. The molecule has 4 rings (SSSR count). The first-order valence-corrected chi connectivity index (χ1v) is 9.88. The van der Waals surface area contributed by atoms with Gasteiger partial charge in [-0.05, 0) is 55.8 Å². The second-order valence-electron chi connectivity index (χ2n) is 7.80. The Kier molecular flexibility index (Phi) is 5.49. The van der Waals surface area contributed by atoms with Crippen LogP contribution in [0.1, 0.15) is 24.6 Å². The molecule has 2 aliphatic rings. The second kappa shape index (κ2) is 8.21. The van der Waals surface area contributed by atoms with Crippen molar-refractivity contribution in [2.75, 3.05) is 27.2 Å². The summed E-state index contributed by atoms with van der Waals surface area (Å²) in [5.41, 5.74) is 2.34. The van der Waals surface area contributed by atoms with Gasteiger partial charge in [0.2, 0.25) is 0 Å². The van der Waals surface area contributed by atoms with E-state index in [4.69, 9.17) is 0 Å². The number of nitrogens with one attached hydrogen (secondary N) is 1. The fraction of sp³-hybridized carbons (Fsp3) is 0.364. The Morgan fingerprint density at radius 1 is 1.10 bits per heavy atom. The van der Waals surface area contributed by atoms with Gasteiger partial charge < -0.3 is 20.2 Å². The molecule has 2 aliphatic heterocycles. The highest BCUT2D eigenvalue weighted by molar-refractivity contribution is 5.66. The normalized spacial score (nSPS) is 22.4. The number of hydrogen-bond donors (Lipinski definition) is 2. The molecule has 6 nitrogen and oxygen atoms in total. The minimum atomic E-state index is -0.392. The summed E-state index contributed by atoms with van der Waals surface area (Å²) >= 11 is 0. The van der Waals surface area contributed by atoms with Gasteiger partial charge in [0.25, 0.3) is 0 Å². The topological polar surface area (TPSA) is 63.5 Å². The fourth-order valence-corrected chi connectivity index (χ4v) is 3.91. The number of azo groups is 1. The number of nitrogens with zero attached hydrogens (tertiary/aromatic N) is 4. The van der Waals surface area contributed by atoms with Gasteiger partial charge in [0.15, 0.2) is 12.0 Å². The third-order valence-electron chi connectivity index (χ3n) is 5.45. The molecule has 7 heteroatoms. The number of hydrogen-bond acceptors (Lipinski definition) is 6. The van der Waals surface area contributed by atoms with Crippen LogP contribution in [0.5, 0.6) is 5.75 Å². The van der Waals surface area contributed by atoms with E-state index in [1.54, 1.807) is 18.2 Å². The van der Waals surface area contributed by atoms with Gasteiger partial charge in [0.1, 0.15) is 11.6 Å². The number of likely N-dealkylation sites (tertiary alicyclic amines) is 1. The number of phenolic OH excluding ortho intramolecular Hbond substituents is 1. The average Bonchev–Trinajstić information content (AvgIpc) is 2.69. The van der Waals surface area contributed by atoms with E-state index in [9.17, 15) is 9.50 Å². The van der Waals surface area contributed by atoms with Crippen LogP contribution in [0.4, 0.5) is 4.39 Å². The van der Waals surface area contributed by atoms with E-state index in [-0.39, 0.29) is 11.6 Å². The molecule has 0 amide bonds. The number of halogens is 1. The summed E-state index contributed by atoms with van der Waals surface area (Å²) in [5.74, 6) is 0.600. The lowest BCUT2D eigenvalue weighted by atomic mass is 10.0. The number of aromatic hydroxyl groups is 1. The lowest BCUT2D eigenvalue weighted by Crippen LogP contribution is -2.43. The molecule has 0 saturated carbocycles. The van der Waals surface area contributed by atoms with Crippen molar-refractivity contribution in [3.63, 3.8) is 0 Å². The van der Waals surface area contributed by atoms with Crippen molar-refractivity contribution in [2.24, 2.45) is 10.2 Å². The molecule has 0 spiro atoms. The van der Waals surface area contributed by atoms with Crippen LogP contribution in [-0.4, -0.2) is 48.1 Å². The molecule has 2 heterocycles. The lowest BCUT2D eigenvalue weighted by Gasteiger charge is -2.32. The minimum absolute atomic E-state index is 0.140. The molecule has 2 aromatic carbocycles. The Hall–Kier alpha value is -2.93. The standard InChI is InChI=1S/C22H26FN5O/c1-27-11-3-4-18(13-27)24-21-14-28(2)22(26-25-21)19-10-7-16(12-20(19)29)15-5-8-17(23)9-6-15/h5-10,12,14,18,22,24,29H,3-4,11,13H2,1-2H3/t18?,22-/m0/s1. The van der Waals surface area contributed by atoms with Crippen molar-refractivity contribution in [1.29, 1.82) is 0 Å². The van der Waals surface area contributed by atoms with Gasteiger partial charge >= 0.3 is 0 Å². The van der Waals surface area contributed by atoms with E-state index in [0.717, 1.165) is 36.5 Å². The third kappa shape index (κ3) is 4.40. The number of rotatable bonds is 4. The van der Waals surface area contributed by atoms with Crippen molar-refractivity contribution in [3.8, 4) is 16.9 Å². The van der Waals surface area contributed by atoms with Crippen molar-refractivity contribution in [1.82, 2.24) is 15.1 Å². The Morgan fingerprint density at radius 2 is 1.86 bits per heavy atom. The summed E-state index contributed by atoms with van der Waals surface area (Å²) in [4.78, 5) is 4.25. The summed E-state index contributed by atoms with van der Waals surface area (Å²) in [7, 11) is 4.05. The first kappa shape index (κ1) is 19.4. The molecule has 0 aromatic heterocycles.